The third kappa shape index (κ3) is 7.14. The number of alkyl halides is 3. The van der Waals surface area contributed by atoms with E-state index in [2.05, 4.69) is 25.4 Å². The van der Waals surface area contributed by atoms with Gasteiger partial charge in [0.1, 0.15) is 5.69 Å². The summed E-state index contributed by atoms with van der Waals surface area (Å²) in [6, 6.07) is 16.1. The fourth-order valence-electron chi connectivity index (χ4n) is 4.92. The third-order valence-electron chi connectivity index (χ3n) is 7.23. The first kappa shape index (κ1) is 33.2. The number of amides is 1. The van der Waals surface area contributed by atoms with E-state index in [1.807, 2.05) is 20.8 Å². The van der Waals surface area contributed by atoms with E-state index in [1.54, 1.807) is 49.4 Å². The number of rotatable bonds is 8. The van der Waals surface area contributed by atoms with Crippen LogP contribution in [0.1, 0.15) is 48.0 Å². The van der Waals surface area contributed by atoms with Crippen LogP contribution in [0.5, 0.6) is 5.75 Å². The first-order valence-electron chi connectivity index (χ1n) is 14.2. The monoisotopic (exact) mass is 667 g/mol. The van der Waals surface area contributed by atoms with Crippen LogP contribution < -0.4 is 14.8 Å². The molecule has 2 heterocycles. The van der Waals surface area contributed by atoms with Crippen LogP contribution in [-0.4, -0.2) is 52.5 Å². The molecule has 0 saturated carbocycles. The topological polar surface area (TPSA) is 133 Å². The van der Waals surface area contributed by atoms with Crippen molar-refractivity contribution in [1.82, 2.24) is 24.8 Å². The van der Waals surface area contributed by atoms with Crippen LogP contribution in [0.3, 0.4) is 0 Å². The number of carbonyl (C=O) groups is 1. The maximum absolute atomic E-state index is 14.3. The molecule has 1 amide bonds. The summed E-state index contributed by atoms with van der Waals surface area (Å²) in [5.74, 6) is -0.439. The number of hydrogen-bond acceptors (Lipinski definition) is 7. The van der Waals surface area contributed by atoms with Gasteiger partial charge in [-0.3, -0.25) is 9.52 Å². The average Bonchev–Trinajstić information content (AvgIpc) is 3.64. The Balaban J connectivity index is 1.51. The molecule has 2 aromatic heterocycles. The molecule has 3 aromatic carbocycles. The number of aryl methyl sites for hydroxylation is 1. The Morgan fingerprint density at radius 3 is 2.28 bits per heavy atom. The quantitative estimate of drug-likeness (QED) is 0.196. The Bertz CT molecular complexity index is 2070. The van der Waals surface area contributed by atoms with Gasteiger partial charge in [0.05, 0.1) is 54.1 Å². The molecule has 0 bridgehead atoms. The highest BCUT2D eigenvalue weighted by Gasteiger charge is 2.39. The first-order valence-corrected chi connectivity index (χ1v) is 16.1. The maximum atomic E-state index is 14.3. The summed E-state index contributed by atoms with van der Waals surface area (Å²) in [7, 11) is -2.32. The SMILES string of the molecule is COc1c(NC(=O)c2ccc(C)c(-n3cc(-c4cnn(-c5ccccc5)c4C(F)(F)F)nn3)c2)cc(C(C)(C)C)cc1NS(C)(=O)=O. The molecule has 11 nitrogen and oxygen atoms in total. The minimum absolute atomic E-state index is 0.0663. The van der Waals surface area contributed by atoms with E-state index >= 15 is 0 Å². The molecule has 47 heavy (non-hydrogen) atoms. The summed E-state index contributed by atoms with van der Waals surface area (Å²) in [5.41, 5.74) is 0.870. The van der Waals surface area contributed by atoms with Crippen molar-refractivity contribution in [2.45, 2.75) is 39.3 Å². The van der Waals surface area contributed by atoms with Crippen LogP contribution in [0.4, 0.5) is 24.5 Å². The van der Waals surface area contributed by atoms with Gasteiger partial charge in [-0.1, -0.05) is 50.3 Å². The second kappa shape index (κ2) is 12.2. The highest BCUT2D eigenvalue weighted by atomic mass is 32.2. The number of aromatic nitrogens is 5. The highest BCUT2D eigenvalue weighted by Crippen LogP contribution is 2.40. The van der Waals surface area contributed by atoms with Crippen molar-refractivity contribution in [2.24, 2.45) is 0 Å². The van der Waals surface area contributed by atoms with Crippen molar-refractivity contribution in [2.75, 3.05) is 23.4 Å². The molecule has 0 aliphatic rings. The lowest BCUT2D eigenvalue weighted by Gasteiger charge is -2.24. The first-order chi connectivity index (χ1) is 22.0. The zero-order valence-corrected chi connectivity index (χ0v) is 27.2. The molecule has 246 valence electrons. The summed E-state index contributed by atoms with van der Waals surface area (Å²) in [6.07, 6.45) is -1.31. The highest BCUT2D eigenvalue weighted by molar-refractivity contribution is 7.92. The van der Waals surface area contributed by atoms with Gasteiger partial charge in [-0.25, -0.2) is 17.8 Å². The number of anilines is 2. The molecule has 0 atom stereocenters. The minimum Gasteiger partial charge on any atom is -0.492 e. The molecular formula is C32H32F3N7O4S. The maximum Gasteiger partial charge on any atom is 0.434 e. The standard InChI is InChI=1S/C32H32F3N7O4S/c1-19-12-13-20(30(43)37-24-15-21(31(2,3)4)16-25(28(24)46-5)39-47(6,44)45)14-27(19)41-18-26(38-40-41)23-17-36-42(29(23)32(33,34)35)22-10-8-7-9-11-22/h7-18,39H,1-6H3,(H,37,43). The summed E-state index contributed by atoms with van der Waals surface area (Å²) in [5, 5.41) is 14.9. The van der Waals surface area contributed by atoms with Gasteiger partial charge in [0.15, 0.2) is 11.4 Å². The van der Waals surface area contributed by atoms with Crippen molar-refractivity contribution in [3.8, 4) is 28.4 Å². The third-order valence-corrected chi connectivity index (χ3v) is 7.82. The van der Waals surface area contributed by atoms with E-state index in [0.717, 1.165) is 22.7 Å². The molecule has 0 spiro atoms. The van der Waals surface area contributed by atoms with E-state index in [-0.39, 0.29) is 39.6 Å². The number of hydrogen-bond donors (Lipinski definition) is 2. The molecule has 2 N–H and O–H groups in total. The number of halogens is 3. The Morgan fingerprint density at radius 1 is 0.979 bits per heavy atom. The fraction of sp³-hybridized carbons (Fsp3) is 0.250. The lowest BCUT2D eigenvalue weighted by Crippen LogP contribution is -2.18. The van der Waals surface area contributed by atoms with E-state index in [1.165, 1.54) is 36.2 Å². The van der Waals surface area contributed by atoms with Crippen molar-refractivity contribution >= 4 is 27.3 Å². The van der Waals surface area contributed by atoms with Crippen LogP contribution in [0.15, 0.2) is 73.1 Å². The normalized spacial score (nSPS) is 12.2. The summed E-state index contributed by atoms with van der Waals surface area (Å²) in [4.78, 5) is 13.6. The predicted molar refractivity (Wildman–Crippen MR) is 172 cm³/mol. The zero-order chi connectivity index (χ0) is 34.3. The molecule has 5 rings (SSSR count). The molecule has 15 heteroatoms. The van der Waals surface area contributed by atoms with Crippen molar-refractivity contribution < 1.29 is 31.1 Å². The predicted octanol–water partition coefficient (Wildman–Crippen LogP) is 6.38. The number of nitrogens with zero attached hydrogens (tertiary/aromatic N) is 5. The van der Waals surface area contributed by atoms with E-state index in [4.69, 9.17) is 4.74 Å². The molecular weight excluding hydrogens is 635 g/mol. The Hall–Kier alpha value is -5.18. The number of methoxy groups -OCH3 is 1. The molecule has 0 unspecified atom stereocenters. The van der Waals surface area contributed by atoms with Gasteiger partial charge >= 0.3 is 6.18 Å². The number of sulfonamides is 1. The summed E-state index contributed by atoms with van der Waals surface area (Å²) >= 11 is 0. The molecule has 0 radical (unpaired) electrons. The zero-order valence-electron chi connectivity index (χ0n) is 26.3. The van der Waals surface area contributed by atoms with E-state index < -0.39 is 33.2 Å². The fourth-order valence-corrected chi connectivity index (χ4v) is 5.47. The number of para-hydroxylation sites is 1. The largest absolute Gasteiger partial charge is 0.492 e. The molecule has 0 saturated heterocycles. The number of ether oxygens (including phenoxy) is 1. The van der Waals surface area contributed by atoms with Crippen molar-refractivity contribution in [3.05, 3.63) is 95.4 Å². The van der Waals surface area contributed by atoms with Gasteiger partial charge in [0.2, 0.25) is 10.0 Å². The number of nitrogens with one attached hydrogen (secondary N) is 2. The van der Waals surface area contributed by atoms with Crippen LogP contribution in [0.2, 0.25) is 0 Å². The van der Waals surface area contributed by atoms with Crippen molar-refractivity contribution in [3.63, 3.8) is 0 Å². The summed E-state index contributed by atoms with van der Waals surface area (Å²) in [6.45, 7) is 7.57. The van der Waals surface area contributed by atoms with Crippen LogP contribution in [0, 0.1) is 6.92 Å². The van der Waals surface area contributed by atoms with Gasteiger partial charge in [0.25, 0.3) is 5.91 Å². The molecule has 0 fully saturated rings. The molecule has 0 aliphatic heterocycles. The lowest BCUT2D eigenvalue weighted by atomic mass is 9.86. The van der Waals surface area contributed by atoms with Crippen LogP contribution in [-0.2, 0) is 21.6 Å². The summed E-state index contributed by atoms with van der Waals surface area (Å²) < 4.78 is 77.0. The Kier molecular flexibility index (Phi) is 8.62. The van der Waals surface area contributed by atoms with Crippen LogP contribution in [0.25, 0.3) is 22.6 Å². The molecule has 0 aliphatic carbocycles. The lowest BCUT2D eigenvalue weighted by molar-refractivity contribution is -0.142. The van der Waals surface area contributed by atoms with E-state index in [0.29, 0.717) is 11.3 Å². The van der Waals surface area contributed by atoms with Crippen molar-refractivity contribution in [1.29, 1.82) is 0 Å². The van der Waals surface area contributed by atoms with Gasteiger partial charge in [0, 0.05) is 5.56 Å². The molecule has 5 aromatic rings. The number of carbonyl (C=O) groups excluding carboxylic acids is 1. The van der Waals surface area contributed by atoms with Gasteiger partial charge in [-0.15, -0.1) is 5.10 Å². The minimum atomic E-state index is -4.75. The van der Waals surface area contributed by atoms with Gasteiger partial charge in [-0.2, -0.15) is 18.3 Å². The number of benzene rings is 3. The van der Waals surface area contributed by atoms with Gasteiger partial charge < -0.3 is 10.1 Å². The van der Waals surface area contributed by atoms with E-state index in [9.17, 15) is 26.4 Å². The second-order valence-electron chi connectivity index (χ2n) is 11.9. The Morgan fingerprint density at radius 2 is 1.66 bits per heavy atom. The smallest absolute Gasteiger partial charge is 0.434 e. The van der Waals surface area contributed by atoms with Gasteiger partial charge in [-0.05, 0) is 59.9 Å². The Labute approximate surface area is 269 Å². The average molecular weight is 668 g/mol. The second-order valence-corrected chi connectivity index (χ2v) is 13.6. The van der Waals surface area contributed by atoms with Crippen LogP contribution >= 0.6 is 0 Å².